The molecule has 26 heavy (non-hydrogen) atoms. The van der Waals surface area contributed by atoms with Crippen LogP contribution in [0.15, 0.2) is 29.8 Å². The lowest BCUT2D eigenvalue weighted by molar-refractivity contribution is -0.141. The van der Waals surface area contributed by atoms with Crippen LogP contribution in [0.3, 0.4) is 0 Å². The Balaban J connectivity index is 1.69. The number of imidazole rings is 1. The number of hydrogen-bond acceptors (Lipinski definition) is 5. The van der Waals surface area contributed by atoms with Crippen molar-refractivity contribution >= 4 is 34.2 Å². The highest BCUT2D eigenvalue weighted by Crippen LogP contribution is 2.30. The maximum atomic E-state index is 12.8. The Hall–Kier alpha value is -2.74. The molecule has 1 amide bonds. The third-order valence-corrected chi connectivity index (χ3v) is 5.71. The van der Waals surface area contributed by atoms with Crippen molar-refractivity contribution in [2.24, 2.45) is 5.92 Å². The maximum Gasteiger partial charge on any atom is 0.308 e. The standard InChI is InChI=1S/C18H18N4O3S/c1-11-16(26-10-19-11)17-20-13-4-2-3-5-14(13)22(17)9-15(23)21-7-6-12(8-21)18(24)25/h2-5,10,12H,6-9H2,1H3,(H,24,25)/t12-/m0/s1. The van der Waals surface area contributed by atoms with Gasteiger partial charge in [0.05, 0.1) is 33.0 Å². The molecule has 1 N–H and O–H groups in total. The van der Waals surface area contributed by atoms with Crippen LogP contribution in [0, 0.1) is 12.8 Å². The number of aryl methyl sites for hydroxylation is 1. The molecule has 3 heterocycles. The van der Waals surface area contributed by atoms with Gasteiger partial charge in [-0.15, -0.1) is 11.3 Å². The minimum Gasteiger partial charge on any atom is -0.481 e. The van der Waals surface area contributed by atoms with Crippen molar-refractivity contribution < 1.29 is 14.7 Å². The molecule has 134 valence electrons. The van der Waals surface area contributed by atoms with Gasteiger partial charge < -0.3 is 14.6 Å². The zero-order valence-corrected chi connectivity index (χ0v) is 15.1. The number of rotatable bonds is 4. The van der Waals surface area contributed by atoms with Crippen LogP contribution in [0.4, 0.5) is 0 Å². The Morgan fingerprint density at radius 1 is 1.35 bits per heavy atom. The molecule has 1 atom stereocenters. The van der Waals surface area contributed by atoms with E-state index in [4.69, 9.17) is 10.1 Å². The van der Waals surface area contributed by atoms with E-state index in [1.807, 2.05) is 35.8 Å². The van der Waals surface area contributed by atoms with Gasteiger partial charge in [0.15, 0.2) is 5.82 Å². The predicted octanol–water partition coefficient (Wildman–Crippen LogP) is 2.40. The summed E-state index contributed by atoms with van der Waals surface area (Å²) >= 11 is 1.50. The number of carboxylic acids is 1. The van der Waals surface area contributed by atoms with Crippen LogP contribution in [0.5, 0.6) is 0 Å². The molecule has 0 radical (unpaired) electrons. The zero-order valence-electron chi connectivity index (χ0n) is 14.3. The number of likely N-dealkylation sites (tertiary alicyclic amines) is 1. The van der Waals surface area contributed by atoms with Crippen molar-refractivity contribution in [3.05, 3.63) is 35.5 Å². The van der Waals surface area contributed by atoms with E-state index < -0.39 is 11.9 Å². The second-order valence-electron chi connectivity index (χ2n) is 6.44. The normalized spacial score (nSPS) is 17.1. The highest BCUT2D eigenvalue weighted by atomic mass is 32.1. The van der Waals surface area contributed by atoms with Crippen molar-refractivity contribution in [1.29, 1.82) is 0 Å². The van der Waals surface area contributed by atoms with E-state index in [2.05, 4.69) is 4.98 Å². The molecular formula is C18H18N4O3S. The van der Waals surface area contributed by atoms with Crippen LogP contribution < -0.4 is 0 Å². The topological polar surface area (TPSA) is 88.3 Å². The first-order chi connectivity index (χ1) is 12.5. The molecule has 1 fully saturated rings. The number of fused-ring (bicyclic) bond motifs is 1. The number of para-hydroxylation sites is 2. The summed E-state index contributed by atoms with van der Waals surface area (Å²) in [6, 6.07) is 7.71. The minimum absolute atomic E-state index is 0.0830. The largest absolute Gasteiger partial charge is 0.481 e. The molecule has 7 nitrogen and oxygen atoms in total. The number of benzene rings is 1. The molecule has 1 aliphatic heterocycles. The average molecular weight is 370 g/mol. The minimum atomic E-state index is -0.839. The summed E-state index contributed by atoms with van der Waals surface area (Å²) in [5.41, 5.74) is 4.37. The van der Waals surface area contributed by atoms with Crippen LogP contribution in [-0.2, 0) is 16.1 Å². The predicted molar refractivity (Wildman–Crippen MR) is 97.9 cm³/mol. The summed E-state index contributed by atoms with van der Waals surface area (Å²) < 4.78 is 1.91. The number of hydrogen-bond donors (Lipinski definition) is 1. The highest BCUT2D eigenvalue weighted by Gasteiger charge is 2.31. The van der Waals surface area contributed by atoms with Crippen LogP contribution >= 0.6 is 11.3 Å². The second-order valence-corrected chi connectivity index (χ2v) is 7.30. The van der Waals surface area contributed by atoms with Gasteiger partial charge in [-0.3, -0.25) is 9.59 Å². The van der Waals surface area contributed by atoms with Gasteiger partial charge in [-0.25, -0.2) is 9.97 Å². The molecule has 4 rings (SSSR count). The average Bonchev–Trinajstić information content (AvgIpc) is 3.33. The Bertz CT molecular complexity index is 993. The Labute approximate surface area is 153 Å². The highest BCUT2D eigenvalue weighted by molar-refractivity contribution is 7.13. The summed E-state index contributed by atoms with van der Waals surface area (Å²) in [5.74, 6) is -0.662. The smallest absolute Gasteiger partial charge is 0.308 e. The molecule has 1 aromatic carbocycles. The number of carboxylic acid groups (broad SMARTS) is 1. The molecule has 1 saturated heterocycles. The van der Waals surface area contributed by atoms with E-state index >= 15 is 0 Å². The van der Waals surface area contributed by atoms with Crippen molar-refractivity contribution in [2.75, 3.05) is 13.1 Å². The van der Waals surface area contributed by atoms with Gasteiger partial charge in [0.1, 0.15) is 6.54 Å². The van der Waals surface area contributed by atoms with Gasteiger partial charge in [0.2, 0.25) is 5.91 Å². The zero-order chi connectivity index (χ0) is 18.3. The van der Waals surface area contributed by atoms with Crippen molar-refractivity contribution in [3.8, 4) is 10.7 Å². The summed E-state index contributed by atoms with van der Waals surface area (Å²) in [4.78, 5) is 35.5. The number of carbonyl (C=O) groups excluding carboxylic acids is 1. The molecule has 0 aliphatic carbocycles. The quantitative estimate of drug-likeness (QED) is 0.762. The van der Waals surface area contributed by atoms with Gasteiger partial charge in [-0.2, -0.15) is 0 Å². The third-order valence-electron chi connectivity index (χ3n) is 4.79. The van der Waals surface area contributed by atoms with Crippen LogP contribution in [0.1, 0.15) is 12.1 Å². The van der Waals surface area contributed by atoms with Crippen LogP contribution in [0.25, 0.3) is 21.7 Å². The summed E-state index contributed by atoms with van der Waals surface area (Å²) in [6.45, 7) is 2.82. The Kier molecular flexibility index (Phi) is 4.20. The molecule has 0 bridgehead atoms. The third kappa shape index (κ3) is 2.86. The Morgan fingerprint density at radius 2 is 2.15 bits per heavy atom. The van der Waals surface area contributed by atoms with Crippen LogP contribution in [-0.4, -0.2) is 49.5 Å². The fraction of sp³-hybridized carbons (Fsp3) is 0.333. The summed E-state index contributed by atoms with van der Waals surface area (Å²) in [6.07, 6.45) is 0.507. The van der Waals surface area contributed by atoms with E-state index in [1.165, 1.54) is 11.3 Å². The van der Waals surface area contributed by atoms with Gasteiger partial charge in [-0.05, 0) is 25.5 Å². The number of nitrogens with zero attached hydrogens (tertiary/aromatic N) is 4. The van der Waals surface area contributed by atoms with Gasteiger partial charge >= 0.3 is 5.97 Å². The van der Waals surface area contributed by atoms with E-state index in [0.717, 1.165) is 27.4 Å². The molecule has 0 spiro atoms. The van der Waals surface area contributed by atoms with E-state index in [1.54, 1.807) is 10.4 Å². The molecule has 3 aromatic rings. The van der Waals surface area contributed by atoms with E-state index in [0.29, 0.717) is 13.0 Å². The summed E-state index contributed by atoms with van der Waals surface area (Å²) in [7, 11) is 0. The monoisotopic (exact) mass is 370 g/mol. The lowest BCUT2D eigenvalue weighted by atomic mass is 10.1. The first kappa shape index (κ1) is 16.7. The number of thiazole rings is 1. The molecule has 0 saturated carbocycles. The number of aliphatic carboxylic acids is 1. The number of amides is 1. The van der Waals surface area contributed by atoms with Crippen molar-refractivity contribution in [3.63, 3.8) is 0 Å². The first-order valence-corrected chi connectivity index (χ1v) is 9.29. The Morgan fingerprint density at radius 3 is 2.85 bits per heavy atom. The van der Waals surface area contributed by atoms with E-state index in [9.17, 15) is 9.59 Å². The molecule has 8 heteroatoms. The van der Waals surface area contributed by atoms with Crippen molar-refractivity contribution in [1.82, 2.24) is 19.4 Å². The van der Waals surface area contributed by atoms with Gasteiger partial charge in [0, 0.05) is 13.1 Å². The second kappa shape index (κ2) is 6.53. The molecule has 1 aliphatic rings. The van der Waals surface area contributed by atoms with Gasteiger partial charge in [0.25, 0.3) is 0 Å². The first-order valence-electron chi connectivity index (χ1n) is 8.41. The lowest BCUT2D eigenvalue weighted by Crippen LogP contribution is -2.33. The SMILES string of the molecule is Cc1ncsc1-c1nc2ccccc2n1CC(=O)N1CC[C@H](C(=O)O)C1. The van der Waals surface area contributed by atoms with E-state index in [-0.39, 0.29) is 19.0 Å². The molecule has 0 unspecified atom stereocenters. The number of aromatic nitrogens is 3. The fourth-order valence-electron chi connectivity index (χ4n) is 3.35. The lowest BCUT2D eigenvalue weighted by Gasteiger charge is -2.17. The summed E-state index contributed by atoms with van der Waals surface area (Å²) in [5, 5.41) is 9.15. The fourth-order valence-corrected chi connectivity index (χ4v) is 4.15. The van der Waals surface area contributed by atoms with Crippen molar-refractivity contribution in [2.45, 2.75) is 19.9 Å². The molecule has 2 aromatic heterocycles. The van der Waals surface area contributed by atoms with Crippen LogP contribution in [0.2, 0.25) is 0 Å². The number of carbonyl (C=O) groups is 2. The molecular weight excluding hydrogens is 352 g/mol. The maximum absolute atomic E-state index is 12.8. The van der Waals surface area contributed by atoms with Gasteiger partial charge in [-0.1, -0.05) is 12.1 Å².